The van der Waals surface area contributed by atoms with E-state index in [2.05, 4.69) is 15.1 Å². The Balaban J connectivity index is 1.86. The molecule has 0 spiro atoms. The van der Waals surface area contributed by atoms with Gasteiger partial charge < -0.3 is 4.57 Å². The van der Waals surface area contributed by atoms with Gasteiger partial charge in [-0.15, -0.1) is 10.2 Å². The van der Waals surface area contributed by atoms with Crippen LogP contribution in [0.15, 0.2) is 6.33 Å². The van der Waals surface area contributed by atoms with Crippen molar-refractivity contribution in [2.24, 2.45) is 13.0 Å². The number of hydrogen-bond acceptors (Lipinski definition) is 4. The molecule has 1 aromatic rings. The summed E-state index contributed by atoms with van der Waals surface area (Å²) in [5, 5.41) is 7.93. The lowest BCUT2D eigenvalue weighted by Crippen LogP contribution is -2.35. The summed E-state index contributed by atoms with van der Waals surface area (Å²) < 4.78 is 1.94. The number of ketones is 1. The van der Waals surface area contributed by atoms with Crippen molar-refractivity contribution in [1.82, 2.24) is 19.7 Å². The molecule has 5 heteroatoms. The van der Waals surface area contributed by atoms with E-state index in [1.165, 1.54) is 0 Å². The molecule has 0 aromatic carbocycles. The largest absolute Gasteiger partial charge is 0.320 e. The summed E-state index contributed by atoms with van der Waals surface area (Å²) >= 11 is 0. The maximum absolute atomic E-state index is 11.2. The topological polar surface area (TPSA) is 51.0 Å². The molecule has 0 unspecified atom stereocenters. The molecule has 16 heavy (non-hydrogen) atoms. The normalized spacial score (nSPS) is 18.9. The van der Waals surface area contributed by atoms with Gasteiger partial charge in [0.25, 0.3) is 0 Å². The van der Waals surface area contributed by atoms with Gasteiger partial charge in [0.2, 0.25) is 0 Å². The van der Waals surface area contributed by atoms with Gasteiger partial charge in [-0.1, -0.05) is 0 Å². The Hall–Kier alpha value is -1.23. The second-order valence-electron chi connectivity index (χ2n) is 4.52. The van der Waals surface area contributed by atoms with E-state index in [1.807, 2.05) is 11.6 Å². The molecule has 0 bridgehead atoms. The van der Waals surface area contributed by atoms with Crippen LogP contribution in [0.1, 0.15) is 25.6 Å². The molecule has 0 aliphatic carbocycles. The van der Waals surface area contributed by atoms with Gasteiger partial charge in [0.15, 0.2) is 0 Å². The second kappa shape index (κ2) is 4.74. The quantitative estimate of drug-likeness (QED) is 0.752. The number of nitrogens with zero attached hydrogens (tertiary/aromatic N) is 4. The van der Waals surface area contributed by atoms with Crippen LogP contribution in [0.25, 0.3) is 0 Å². The molecule has 1 aliphatic heterocycles. The fraction of sp³-hybridized carbons (Fsp3) is 0.727. The first-order chi connectivity index (χ1) is 7.66. The van der Waals surface area contributed by atoms with Crippen LogP contribution in [0.5, 0.6) is 0 Å². The molecule has 88 valence electrons. The first-order valence-electron chi connectivity index (χ1n) is 5.72. The molecule has 0 saturated carbocycles. The van der Waals surface area contributed by atoms with Crippen molar-refractivity contribution in [2.75, 3.05) is 13.1 Å². The van der Waals surface area contributed by atoms with Gasteiger partial charge in [-0.2, -0.15) is 0 Å². The number of likely N-dealkylation sites (tertiary alicyclic amines) is 1. The third-order valence-electron chi connectivity index (χ3n) is 3.33. The lowest BCUT2D eigenvalue weighted by atomic mass is 9.93. The van der Waals surface area contributed by atoms with Crippen molar-refractivity contribution >= 4 is 5.78 Å². The third kappa shape index (κ3) is 2.47. The zero-order valence-corrected chi connectivity index (χ0v) is 9.89. The maximum atomic E-state index is 11.2. The van der Waals surface area contributed by atoms with E-state index >= 15 is 0 Å². The smallest absolute Gasteiger partial charge is 0.146 e. The van der Waals surface area contributed by atoms with Crippen molar-refractivity contribution in [2.45, 2.75) is 26.3 Å². The van der Waals surface area contributed by atoms with Gasteiger partial charge in [-0.25, -0.2) is 0 Å². The Morgan fingerprint density at radius 2 is 2.19 bits per heavy atom. The van der Waals surface area contributed by atoms with Crippen LogP contribution in [-0.2, 0) is 18.4 Å². The van der Waals surface area contributed by atoms with Gasteiger partial charge in [0.1, 0.15) is 17.9 Å². The van der Waals surface area contributed by atoms with Crippen molar-refractivity contribution in [3.8, 4) is 0 Å². The SMILES string of the molecule is CC(=O)C1CCN(Cc2nncn2C)CC1. The molecule has 2 heterocycles. The summed E-state index contributed by atoms with van der Waals surface area (Å²) in [6.45, 7) is 4.50. The highest BCUT2D eigenvalue weighted by Gasteiger charge is 2.22. The average Bonchev–Trinajstić information content (AvgIpc) is 2.65. The standard InChI is InChI=1S/C11H18N4O/c1-9(16)10-3-5-15(6-4-10)7-11-13-12-8-14(11)2/h8,10H,3-7H2,1-2H3. The number of carbonyl (C=O) groups excluding carboxylic acids is 1. The van der Waals surface area contributed by atoms with Gasteiger partial charge >= 0.3 is 0 Å². The van der Waals surface area contributed by atoms with E-state index < -0.39 is 0 Å². The van der Waals surface area contributed by atoms with E-state index in [9.17, 15) is 4.79 Å². The lowest BCUT2D eigenvalue weighted by molar-refractivity contribution is -0.122. The van der Waals surface area contributed by atoms with E-state index in [1.54, 1.807) is 13.3 Å². The van der Waals surface area contributed by atoms with E-state index in [4.69, 9.17) is 0 Å². The van der Waals surface area contributed by atoms with E-state index in [-0.39, 0.29) is 5.92 Å². The highest BCUT2D eigenvalue weighted by atomic mass is 16.1. The minimum Gasteiger partial charge on any atom is -0.320 e. The zero-order valence-electron chi connectivity index (χ0n) is 9.89. The van der Waals surface area contributed by atoms with Gasteiger partial charge in [0.05, 0.1) is 6.54 Å². The lowest BCUT2D eigenvalue weighted by Gasteiger charge is -2.30. The number of Topliss-reactive ketones (excluding diaryl/α,β-unsaturated/α-hetero) is 1. The first kappa shape index (κ1) is 11.3. The number of rotatable bonds is 3. The number of carbonyl (C=O) groups is 1. The Morgan fingerprint density at radius 1 is 1.50 bits per heavy atom. The van der Waals surface area contributed by atoms with Crippen molar-refractivity contribution in [3.63, 3.8) is 0 Å². The van der Waals surface area contributed by atoms with Gasteiger partial charge in [0, 0.05) is 13.0 Å². The van der Waals surface area contributed by atoms with Gasteiger partial charge in [-0.05, 0) is 32.9 Å². The van der Waals surface area contributed by atoms with E-state index in [0.29, 0.717) is 5.78 Å². The molecule has 0 amide bonds. The van der Waals surface area contributed by atoms with Crippen LogP contribution in [0, 0.1) is 5.92 Å². The summed E-state index contributed by atoms with van der Waals surface area (Å²) in [6.07, 6.45) is 3.68. The van der Waals surface area contributed by atoms with Crippen LogP contribution < -0.4 is 0 Å². The number of aromatic nitrogens is 3. The number of aryl methyl sites for hydroxylation is 1. The molecular formula is C11H18N4O. The molecule has 0 N–H and O–H groups in total. The highest BCUT2D eigenvalue weighted by Crippen LogP contribution is 2.18. The van der Waals surface area contributed by atoms with Crippen molar-refractivity contribution in [3.05, 3.63) is 12.2 Å². The molecule has 1 saturated heterocycles. The zero-order chi connectivity index (χ0) is 11.5. The molecule has 0 atom stereocenters. The summed E-state index contributed by atoms with van der Waals surface area (Å²) in [5.41, 5.74) is 0. The Kier molecular flexibility index (Phi) is 3.33. The van der Waals surface area contributed by atoms with E-state index in [0.717, 1.165) is 38.3 Å². The molecule has 1 aromatic heterocycles. The summed E-state index contributed by atoms with van der Waals surface area (Å²) in [4.78, 5) is 13.6. The summed E-state index contributed by atoms with van der Waals surface area (Å²) in [7, 11) is 1.96. The van der Waals surface area contributed by atoms with Crippen LogP contribution in [-0.4, -0.2) is 38.5 Å². The Morgan fingerprint density at radius 3 is 2.69 bits per heavy atom. The molecule has 0 radical (unpaired) electrons. The van der Waals surface area contributed by atoms with Crippen molar-refractivity contribution < 1.29 is 4.79 Å². The summed E-state index contributed by atoms with van der Waals surface area (Å²) in [6, 6.07) is 0. The molecular weight excluding hydrogens is 204 g/mol. The highest BCUT2D eigenvalue weighted by molar-refractivity contribution is 5.78. The number of hydrogen-bond donors (Lipinski definition) is 0. The molecule has 2 rings (SSSR count). The second-order valence-corrected chi connectivity index (χ2v) is 4.52. The Labute approximate surface area is 95.5 Å². The van der Waals surface area contributed by atoms with Crippen molar-refractivity contribution in [1.29, 1.82) is 0 Å². The fourth-order valence-corrected chi connectivity index (χ4v) is 2.15. The van der Waals surface area contributed by atoms with Crippen LogP contribution >= 0.6 is 0 Å². The molecule has 1 fully saturated rings. The summed E-state index contributed by atoms with van der Waals surface area (Å²) in [5.74, 6) is 1.59. The number of piperidine rings is 1. The maximum Gasteiger partial charge on any atom is 0.146 e. The van der Waals surface area contributed by atoms with Crippen LogP contribution in [0.4, 0.5) is 0 Å². The predicted molar refractivity (Wildman–Crippen MR) is 59.7 cm³/mol. The molecule has 5 nitrogen and oxygen atoms in total. The van der Waals surface area contributed by atoms with Crippen LogP contribution in [0.3, 0.4) is 0 Å². The van der Waals surface area contributed by atoms with Crippen LogP contribution in [0.2, 0.25) is 0 Å². The monoisotopic (exact) mass is 222 g/mol. The minimum absolute atomic E-state index is 0.274. The first-order valence-corrected chi connectivity index (χ1v) is 5.72. The molecule has 1 aliphatic rings. The van der Waals surface area contributed by atoms with Gasteiger partial charge in [-0.3, -0.25) is 9.69 Å². The third-order valence-corrected chi connectivity index (χ3v) is 3.33. The predicted octanol–water partition coefficient (Wildman–Crippen LogP) is 0.616. The Bertz CT molecular complexity index is 366. The average molecular weight is 222 g/mol. The minimum atomic E-state index is 0.274. The fourth-order valence-electron chi connectivity index (χ4n) is 2.15.